The van der Waals surface area contributed by atoms with Crippen molar-refractivity contribution >= 4 is 17.7 Å². The van der Waals surface area contributed by atoms with Gasteiger partial charge in [-0.1, -0.05) is 48.2 Å². The standard InChI is InChI=1S/C14H17N5OS/c1-3-9-15-13(20)11(2)21-14-16-17-18-19(14)10-12-7-5-4-6-8-12/h3-8,11H,1,9-10H2,2H3,(H,15,20). The van der Waals surface area contributed by atoms with Crippen LogP contribution < -0.4 is 5.32 Å². The lowest BCUT2D eigenvalue weighted by atomic mass is 10.2. The highest BCUT2D eigenvalue weighted by Gasteiger charge is 2.17. The molecule has 0 saturated heterocycles. The number of carbonyl (C=O) groups excluding carboxylic acids is 1. The molecule has 7 heteroatoms. The second kappa shape index (κ2) is 7.58. The summed E-state index contributed by atoms with van der Waals surface area (Å²) in [7, 11) is 0. The van der Waals surface area contributed by atoms with Crippen molar-refractivity contribution in [2.75, 3.05) is 6.54 Å². The Labute approximate surface area is 127 Å². The third-order valence-electron chi connectivity index (χ3n) is 2.75. The van der Waals surface area contributed by atoms with E-state index < -0.39 is 0 Å². The molecule has 0 aliphatic carbocycles. The van der Waals surface area contributed by atoms with Crippen molar-refractivity contribution in [2.45, 2.75) is 23.9 Å². The first-order valence-corrected chi connectivity index (χ1v) is 7.44. The number of rotatable bonds is 7. The van der Waals surface area contributed by atoms with Crippen LogP contribution in [-0.2, 0) is 11.3 Å². The lowest BCUT2D eigenvalue weighted by molar-refractivity contribution is -0.120. The number of nitrogens with one attached hydrogen (secondary N) is 1. The molecular weight excluding hydrogens is 286 g/mol. The number of hydrogen-bond donors (Lipinski definition) is 1. The second-order valence-corrected chi connectivity index (χ2v) is 5.71. The van der Waals surface area contributed by atoms with Gasteiger partial charge >= 0.3 is 0 Å². The summed E-state index contributed by atoms with van der Waals surface area (Å²) >= 11 is 1.34. The summed E-state index contributed by atoms with van der Waals surface area (Å²) in [4.78, 5) is 11.8. The number of carbonyl (C=O) groups is 1. The van der Waals surface area contributed by atoms with Crippen molar-refractivity contribution in [1.29, 1.82) is 0 Å². The van der Waals surface area contributed by atoms with Gasteiger partial charge in [0.2, 0.25) is 11.1 Å². The normalized spacial score (nSPS) is 11.9. The zero-order chi connectivity index (χ0) is 15.1. The van der Waals surface area contributed by atoms with Gasteiger partial charge in [-0.05, 0) is 22.9 Å². The van der Waals surface area contributed by atoms with Crippen LogP contribution >= 0.6 is 11.8 Å². The minimum absolute atomic E-state index is 0.0610. The zero-order valence-electron chi connectivity index (χ0n) is 11.8. The molecule has 1 aromatic carbocycles. The number of benzene rings is 1. The van der Waals surface area contributed by atoms with Crippen LogP contribution in [0.3, 0.4) is 0 Å². The van der Waals surface area contributed by atoms with Crippen molar-refractivity contribution < 1.29 is 4.79 Å². The molecule has 110 valence electrons. The van der Waals surface area contributed by atoms with E-state index >= 15 is 0 Å². The van der Waals surface area contributed by atoms with E-state index in [2.05, 4.69) is 27.4 Å². The minimum atomic E-state index is -0.273. The molecule has 0 aliphatic rings. The highest BCUT2D eigenvalue weighted by atomic mass is 32.2. The van der Waals surface area contributed by atoms with Gasteiger partial charge < -0.3 is 5.32 Å². The fourth-order valence-electron chi connectivity index (χ4n) is 1.66. The average molecular weight is 303 g/mol. The molecule has 2 rings (SSSR count). The van der Waals surface area contributed by atoms with E-state index in [9.17, 15) is 4.79 Å². The Balaban J connectivity index is 2.00. The minimum Gasteiger partial charge on any atom is -0.352 e. The molecule has 0 aliphatic heterocycles. The number of aromatic nitrogens is 4. The van der Waals surface area contributed by atoms with E-state index in [4.69, 9.17) is 0 Å². The monoisotopic (exact) mass is 303 g/mol. The van der Waals surface area contributed by atoms with E-state index in [0.717, 1.165) is 5.56 Å². The molecule has 1 N–H and O–H groups in total. The van der Waals surface area contributed by atoms with Gasteiger partial charge in [0.25, 0.3) is 0 Å². The Morgan fingerprint density at radius 3 is 2.95 bits per heavy atom. The van der Waals surface area contributed by atoms with Crippen molar-refractivity contribution in [1.82, 2.24) is 25.5 Å². The summed E-state index contributed by atoms with van der Waals surface area (Å²) in [6, 6.07) is 9.92. The van der Waals surface area contributed by atoms with Crippen molar-refractivity contribution in [3.05, 3.63) is 48.6 Å². The van der Waals surface area contributed by atoms with Crippen LogP contribution in [-0.4, -0.2) is 37.9 Å². The van der Waals surface area contributed by atoms with E-state index in [1.54, 1.807) is 10.8 Å². The first-order chi connectivity index (χ1) is 10.2. The fraction of sp³-hybridized carbons (Fsp3) is 0.286. The molecule has 0 spiro atoms. The lowest BCUT2D eigenvalue weighted by Gasteiger charge is -2.10. The Kier molecular flexibility index (Phi) is 5.51. The first-order valence-electron chi connectivity index (χ1n) is 6.56. The first kappa shape index (κ1) is 15.2. The van der Waals surface area contributed by atoms with Gasteiger partial charge in [-0.25, -0.2) is 4.68 Å². The highest BCUT2D eigenvalue weighted by Crippen LogP contribution is 2.20. The number of nitrogens with zero attached hydrogens (tertiary/aromatic N) is 4. The van der Waals surface area contributed by atoms with Crippen molar-refractivity contribution in [3.8, 4) is 0 Å². The highest BCUT2D eigenvalue weighted by molar-refractivity contribution is 8.00. The van der Waals surface area contributed by atoms with Crippen molar-refractivity contribution in [2.24, 2.45) is 0 Å². The van der Waals surface area contributed by atoms with Gasteiger partial charge in [0.1, 0.15) is 0 Å². The van der Waals surface area contributed by atoms with Crippen LogP contribution in [0, 0.1) is 0 Å². The average Bonchev–Trinajstić information content (AvgIpc) is 2.92. The molecule has 0 fully saturated rings. The predicted octanol–water partition coefficient (Wildman–Crippen LogP) is 1.50. The number of thioether (sulfide) groups is 1. The van der Waals surface area contributed by atoms with Crippen LogP contribution in [0.4, 0.5) is 0 Å². The summed E-state index contributed by atoms with van der Waals surface area (Å²) in [6.45, 7) is 6.43. The molecule has 1 aromatic heterocycles. The Hall–Kier alpha value is -2.15. The molecule has 0 radical (unpaired) electrons. The molecular formula is C14H17N5OS. The Morgan fingerprint density at radius 1 is 1.48 bits per heavy atom. The fourth-order valence-corrected chi connectivity index (χ4v) is 2.48. The number of tetrazole rings is 1. The maximum atomic E-state index is 11.8. The molecule has 1 heterocycles. The largest absolute Gasteiger partial charge is 0.352 e. The van der Waals surface area contributed by atoms with Crippen LogP contribution in [0.2, 0.25) is 0 Å². The smallest absolute Gasteiger partial charge is 0.233 e. The van der Waals surface area contributed by atoms with E-state index in [1.807, 2.05) is 37.3 Å². The van der Waals surface area contributed by atoms with E-state index in [-0.39, 0.29) is 11.2 Å². The molecule has 1 amide bonds. The second-order valence-electron chi connectivity index (χ2n) is 4.40. The zero-order valence-corrected chi connectivity index (χ0v) is 12.6. The third-order valence-corrected chi connectivity index (χ3v) is 3.82. The summed E-state index contributed by atoms with van der Waals surface area (Å²) < 4.78 is 1.69. The molecule has 1 atom stereocenters. The molecule has 6 nitrogen and oxygen atoms in total. The third kappa shape index (κ3) is 4.42. The predicted molar refractivity (Wildman–Crippen MR) is 81.9 cm³/mol. The van der Waals surface area contributed by atoms with Gasteiger partial charge in [0.05, 0.1) is 11.8 Å². The maximum absolute atomic E-state index is 11.8. The molecule has 0 bridgehead atoms. The lowest BCUT2D eigenvalue weighted by Crippen LogP contribution is -2.31. The number of hydrogen-bond acceptors (Lipinski definition) is 5. The number of amides is 1. The SMILES string of the molecule is C=CCNC(=O)C(C)Sc1nnnn1Cc1ccccc1. The van der Waals surface area contributed by atoms with Gasteiger partial charge in [0, 0.05) is 6.54 Å². The van der Waals surface area contributed by atoms with E-state index in [0.29, 0.717) is 18.2 Å². The molecule has 1 unspecified atom stereocenters. The van der Waals surface area contributed by atoms with E-state index in [1.165, 1.54) is 11.8 Å². The summed E-state index contributed by atoms with van der Waals surface area (Å²) in [5.41, 5.74) is 1.11. The summed E-state index contributed by atoms with van der Waals surface area (Å²) in [5, 5.41) is 14.8. The van der Waals surface area contributed by atoms with Crippen LogP contribution in [0.25, 0.3) is 0 Å². The molecule has 2 aromatic rings. The van der Waals surface area contributed by atoms with Gasteiger partial charge in [0.15, 0.2) is 0 Å². The quantitative estimate of drug-likeness (QED) is 0.620. The topological polar surface area (TPSA) is 72.7 Å². The maximum Gasteiger partial charge on any atom is 0.233 e. The van der Waals surface area contributed by atoms with Crippen molar-refractivity contribution in [3.63, 3.8) is 0 Å². The van der Waals surface area contributed by atoms with Crippen LogP contribution in [0.1, 0.15) is 12.5 Å². The van der Waals surface area contributed by atoms with Gasteiger partial charge in [-0.3, -0.25) is 4.79 Å². The van der Waals surface area contributed by atoms with Gasteiger partial charge in [-0.15, -0.1) is 11.7 Å². The molecule has 21 heavy (non-hydrogen) atoms. The van der Waals surface area contributed by atoms with Crippen LogP contribution in [0.15, 0.2) is 48.1 Å². The Bertz CT molecular complexity index is 598. The van der Waals surface area contributed by atoms with Gasteiger partial charge in [-0.2, -0.15) is 0 Å². The Morgan fingerprint density at radius 2 is 2.24 bits per heavy atom. The van der Waals surface area contributed by atoms with Crippen LogP contribution in [0.5, 0.6) is 0 Å². The summed E-state index contributed by atoms with van der Waals surface area (Å²) in [6.07, 6.45) is 1.65. The summed E-state index contributed by atoms with van der Waals surface area (Å²) in [5.74, 6) is -0.0610. The molecule has 0 saturated carbocycles.